The van der Waals surface area contributed by atoms with Crippen LogP contribution in [0.3, 0.4) is 0 Å². The normalized spacial score (nSPS) is 22.5. The quantitative estimate of drug-likeness (QED) is 0.859. The molecule has 4 nitrogen and oxygen atoms in total. The van der Waals surface area contributed by atoms with E-state index in [-0.39, 0.29) is 37.3 Å². The van der Waals surface area contributed by atoms with Gasteiger partial charge in [-0.1, -0.05) is 12.1 Å². The molecule has 0 aromatic heterocycles. The van der Waals surface area contributed by atoms with Crippen LogP contribution in [0.15, 0.2) is 24.3 Å². The summed E-state index contributed by atoms with van der Waals surface area (Å²) >= 11 is 0. The van der Waals surface area contributed by atoms with Gasteiger partial charge in [-0.25, -0.2) is 21.9 Å². The molecular weight excluding hydrogens is 310 g/mol. The molecule has 1 aliphatic heterocycles. The van der Waals surface area contributed by atoms with Crippen LogP contribution in [0.5, 0.6) is 0 Å². The number of benzene rings is 1. The Morgan fingerprint density at radius 2 is 1.95 bits per heavy atom. The SMILES string of the molecule is Cl.O=S(=O)(Cc1ccc(F)cc1)NC[C@@H]1C[C@H](F)CN1. The average molecular weight is 327 g/mol. The number of hydrogen-bond acceptors (Lipinski definition) is 3. The predicted octanol–water partition coefficient (Wildman–Crippen LogP) is 1.37. The fourth-order valence-electron chi connectivity index (χ4n) is 2.00. The molecule has 1 aliphatic rings. The number of halogens is 3. The van der Waals surface area contributed by atoms with E-state index in [9.17, 15) is 17.2 Å². The molecule has 8 heteroatoms. The van der Waals surface area contributed by atoms with Crippen molar-refractivity contribution in [2.75, 3.05) is 13.1 Å². The Hall–Kier alpha value is -0.760. The third-order valence-electron chi connectivity index (χ3n) is 2.99. The first kappa shape index (κ1) is 17.3. The number of sulfonamides is 1. The lowest BCUT2D eigenvalue weighted by molar-refractivity contribution is 0.355. The molecule has 1 fully saturated rings. The highest BCUT2D eigenvalue weighted by Crippen LogP contribution is 2.10. The van der Waals surface area contributed by atoms with E-state index in [2.05, 4.69) is 10.0 Å². The molecule has 0 aliphatic carbocycles. The van der Waals surface area contributed by atoms with Gasteiger partial charge in [0, 0.05) is 19.1 Å². The summed E-state index contributed by atoms with van der Waals surface area (Å²) in [5, 5.41) is 2.90. The second-order valence-corrected chi connectivity index (χ2v) is 6.48. The van der Waals surface area contributed by atoms with Crippen molar-refractivity contribution in [3.8, 4) is 0 Å². The summed E-state index contributed by atoms with van der Waals surface area (Å²) in [5.74, 6) is -0.614. The standard InChI is InChI=1S/C12H16F2N2O2S.ClH/c13-10-3-1-9(2-4-10)8-19(17,18)16-7-12-5-11(14)6-15-12;/h1-4,11-12,15-16H,5-8H2;1H/t11-,12-;/m0./s1. The summed E-state index contributed by atoms with van der Waals surface area (Å²) in [4.78, 5) is 0. The molecule has 114 valence electrons. The summed E-state index contributed by atoms with van der Waals surface area (Å²) in [5.41, 5.74) is 0.511. The minimum absolute atomic E-state index is 0. The van der Waals surface area contributed by atoms with E-state index in [1.807, 2.05) is 0 Å². The van der Waals surface area contributed by atoms with Gasteiger partial charge >= 0.3 is 0 Å². The molecule has 1 heterocycles. The maximum atomic E-state index is 12.9. The lowest BCUT2D eigenvalue weighted by Gasteiger charge is -2.11. The molecule has 1 aromatic carbocycles. The zero-order chi connectivity index (χ0) is 13.9. The van der Waals surface area contributed by atoms with E-state index >= 15 is 0 Å². The molecule has 2 atom stereocenters. The molecule has 2 N–H and O–H groups in total. The average Bonchev–Trinajstić information content (AvgIpc) is 2.76. The van der Waals surface area contributed by atoms with E-state index in [0.29, 0.717) is 12.0 Å². The molecule has 0 amide bonds. The van der Waals surface area contributed by atoms with Crippen molar-refractivity contribution in [1.82, 2.24) is 10.0 Å². The van der Waals surface area contributed by atoms with E-state index in [1.165, 1.54) is 24.3 Å². The van der Waals surface area contributed by atoms with Crippen molar-refractivity contribution in [2.45, 2.75) is 24.4 Å². The highest BCUT2D eigenvalue weighted by molar-refractivity contribution is 7.88. The van der Waals surface area contributed by atoms with Gasteiger partial charge in [0.15, 0.2) is 0 Å². The lowest BCUT2D eigenvalue weighted by atomic mass is 10.2. The third kappa shape index (κ3) is 5.32. The summed E-state index contributed by atoms with van der Waals surface area (Å²) in [7, 11) is -3.49. The first-order chi connectivity index (χ1) is 8.94. The van der Waals surface area contributed by atoms with E-state index < -0.39 is 22.0 Å². The minimum atomic E-state index is -3.49. The van der Waals surface area contributed by atoms with Crippen LogP contribution < -0.4 is 10.0 Å². The Bertz CT molecular complexity index is 525. The molecule has 0 bridgehead atoms. The zero-order valence-corrected chi connectivity index (χ0v) is 12.3. The van der Waals surface area contributed by atoms with Gasteiger partial charge in [0.25, 0.3) is 0 Å². The Balaban J connectivity index is 0.00000200. The smallest absolute Gasteiger partial charge is 0.215 e. The minimum Gasteiger partial charge on any atom is -0.310 e. The van der Waals surface area contributed by atoms with Crippen molar-refractivity contribution in [2.24, 2.45) is 0 Å². The maximum Gasteiger partial charge on any atom is 0.215 e. The molecule has 0 saturated carbocycles. The number of alkyl halides is 1. The Morgan fingerprint density at radius 1 is 1.30 bits per heavy atom. The van der Waals surface area contributed by atoms with Crippen molar-refractivity contribution in [3.63, 3.8) is 0 Å². The molecule has 0 spiro atoms. The monoisotopic (exact) mass is 326 g/mol. The van der Waals surface area contributed by atoms with Crippen LogP contribution in [0, 0.1) is 5.82 Å². The molecule has 20 heavy (non-hydrogen) atoms. The second kappa shape index (κ2) is 7.31. The van der Waals surface area contributed by atoms with Crippen LogP contribution >= 0.6 is 12.4 Å². The molecule has 2 rings (SSSR count). The van der Waals surface area contributed by atoms with Gasteiger partial charge < -0.3 is 5.32 Å². The Labute approximate surface area is 123 Å². The first-order valence-electron chi connectivity index (χ1n) is 6.04. The van der Waals surface area contributed by atoms with Gasteiger partial charge in [-0.05, 0) is 24.1 Å². The fourth-order valence-corrected chi connectivity index (χ4v) is 3.19. The van der Waals surface area contributed by atoms with Crippen LogP contribution in [-0.2, 0) is 15.8 Å². The largest absolute Gasteiger partial charge is 0.310 e. The summed E-state index contributed by atoms with van der Waals surface area (Å²) in [6.45, 7) is 0.439. The zero-order valence-electron chi connectivity index (χ0n) is 10.7. The van der Waals surface area contributed by atoms with Crippen LogP contribution in [0.25, 0.3) is 0 Å². The van der Waals surface area contributed by atoms with E-state index in [4.69, 9.17) is 0 Å². The maximum absolute atomic E-state index is 12.9. The number of hydrogen-bond donors (Lipinski definition) is 2. The van der Waals surface area contributed by atoms with E-state index in [1.54, 1.807) is 0 Å². The number of rotatable bonds is 5. The van der Waals surface area contributed by atoms with Crippen molar-refractivity contribution < 1.29 is 17.2 Å². The highest BCUT2D eigenvalue weighted by Gasteiger charge is 2.24. The van der Waals surface area contributed by atoms with Gasteiger partial charge in [-0.3, -0.25) is 0 Å². The number of nitrogens with one attached hydrogen (secondary N) is 2. The molecule has 1 saturated heterocycles. The van der Waals surface area contributed by atoms with Crippen molar-refractivity contribution in [3.05, 3.63) is 35.6 Å². The van der Waals surface area contributed by atoms with Gasteiger partial charge in [0.1, 0.15) is 12.0 Å². The van der Waals surface area contributed by atoms with Crippen LogP contribution in [0.1, 0.15) is 12.0 Å². The summed E-state index contributed by atoms with van der Waals surface area (Å²) in [6.07, 6.45) is -0.592. The van der Waals surface area contributed by atoms with E-state index in [0.717, 1.165) is 0 Å². The Morgan fingerprint density at radius 3 is 2.50 bits per heavy atom. The van der Waals surface area contributed by atoms with Gasteiger partial charge in [-0.2, -0.15) is 0 Å². The van der Waals surface area contributed by atoms with Gasteiger partial charge in [0.2, 0.25) is 10.0 Å². The van der Waals surface area contributed by atoms with Crippen molar-refractivity contribution >= 4 is 22.4 Å². The predicted molar refractivity (Wildman–Crippen MR) is 75.6 cm³/mol. The summed E-state index contributed by atoms with van der Waals surface area (Å²) in [6, 6.07) is 5.13. The second-order valence-electron chi connectivity index (χ2n) is 4.67. The van der Waals surface area contributed by atoms with Gasteiger partial charge in [-0.15, -0.1) is 12.4 Å². The summed E-state index contributed by atoms with van der Waals surface area (Å²) < 4.78 is 51.6. The highest BCUT2D eigenvalue weighted by atomic mass is 35.5. The van der Waals surface area contributed by atoms with Crippen LogP contribution in [0.2, 0.25) is 0 Å². The Kier molecular flexibility index (Phi) is 6.32. The molecule has 0 unspecified atom stereocenters. The van der Waals surface area contributed by atoms with Gasteiger partial charge in [0.05, 0.1) is 5.75 Å². The molecule has 0 radical (unpaired) electrons. The topological polar surface area (TPSA) is 58.2 Å². The van der Waals surface area contributed by atoms with Crippen LogP contribution in [-0.4, -0.2) is 33.7 Å². The fraction of sp³-hybridized carbons (Fsp3) is 0.500. The molecular formula is C12H17ClF2N2O2S. The molecule has 1 aromatic rings. The lowest BCUT2D eigenvalue weighted by Crippen LogP contribution is -2.37. The van der Waals surface area contributed by atoms with Crippen LogP contribution in [0.4, 0.5) is 8.78 Å². The third-order valence-corrected chi connectivity index (χ3v) is 4.31. The van der Waals surface area contributed by atoms with Crippen molar-refractivity contribution in [1.29, 1.82) is 0 Å². The first-order valence-corrected chi connectivity index (χ1v) is 7.69.